The highest BCUT2D eigenvalue weighted by atomic mass is 19.2. The third-order valence-corrected chi connectivity index (χ3v) is 6.90. The maximum absolute atomic E-state index is 16.9. The normalized spacial score (nSPS) is 15.3. The Hall–Kier alpha value is -6.86. The summed E-state index contributed by atoms with van der Waals surface area (Å²) < 4.78 is 89.7. The number of fused-ring (bicyclic) bond motifs is 2. The van der Waals surface area contributed by atoms with Crippen LogP contribution in [0.4, 0.5) is 26.3 Å². The third-order valence-electron chi connectivity index (χ3n) is 6.90. The van der Waals surface area contributed by atoms with Gasteiger partial charge in [0.1, 0.15) is 17.7 Å². The van der Waals surface area contributed by atoms with Crippen LogP contribution in [0.3, 0.4) is 0 Å². The van der Waals surface area contributed by atoms with Crippen LogP contribution in [0.1, 0.15) is 33.4 Å². The minimum absolute atomic E-state index is 0.315. The average Bonchev–Trinajstić information content (AvgIpc) is 3.54. The predicted molar refractivity (Wildman–Crippen MR) is 143 cm³/mol. The van der Waals surface area contributed by atoms with Gasteiger partial charge < -0.3 is 0 Å². The van der Waals surface area contributed by atoms with Crippen molar-refractivity contribution in [1.82, 2.24) is 0 Å². The molecule has 206 valence electrons. The summed E-state index contributed by atoms with van der Waals surface area (Å²) >= 11 is 0. The van der Waals surface area contributed by atoms with Crippen molar-refractivity contribution >= 4 is 33.6 Å². The first-order valence-corrected chi connectivity index (χ1v) is 11.9. The number of halogens is 6. The lowest BCUT2D eigenvalue weighted by atomic mass is 9.90. The van der Waals surface area contributed by atoms with Crippen molar-refractivity contribution in [1.29, 1.82) is 15.8 Å². The Morgan fingerprint density at radius 1 is 0.591 bits per heavy atom. The van der Waals surface area contributed by atoms with E-state index < -0.39 is 102 Å². The third kappa shape index (κ3) is 3.85. The van der Waals surface area contributed by atoms with Crippen molar-refractivity contribution in [2.24, 2.45) is 0 Å². The number of rotatable bonds is 2. The van der Waals surface area contributed by atoms with Crippen LogP contribution in [0.25, 0.3) is 48.1 Å². The Balaban J connectivity index is 2.04. The van der Waals surface area contributed by atoms with Crippen molar-refractivity contribution in [3.05, 3.63) is 150 Å². The Morgan fingerprint density at radius 2 is 1.05 bits per heavy atom. The smallest absolute Gasteiger partial charge is 0.237 e. The first kappa shape index (κ1) is 28.7. The molecule has 2 aliphatic rings. The Bertz CT molecular complexity index is 2110. The van der Waals surface area contributed by atoms with Crippen LogP contribution >= 0.6 is 0 Å². The molecule has 44 heavy (non-hydrogen) atoms. The molecule has 0 heterocycles. The molecule has 0 spiro atoms. The van der Waals surface area contributed by atoms with E-state index in [9.17, 15) is 33.3 Å². The van der Waals surface area contributed by atoms with E-state index >= 15 is 8.78 Å². The van der Waals surface area contributed by atoms with Gasteiger partial charge in [0.15, 0.2) is 23.3 Å². The molecular formula is C32H6F6N6. The van der Waals surface area contributed by atoms with Crippen LogP contribution in [0.5, 0.6) is 0 Å². The van der Waals surface area contributed by atoms with E-state index in [1.54, 1.807) is 6.07 Å². The lowest BCUT2D eigenvalue weighted by Crippen LogP contribution is -2.05. The molecule has 0 saturated heterocycles. The van der Waals surface area contributed by atoms with Crippen LogP contribution in [-0.2, 0) is 0 Å². The Kier molecular flexibility index (Phi) is 6.85. The SMILES string of the molecule is [C-]#[N+]C1=C(c2ccc(F)c(F)c2)/C(=C(/C#N)[N+]#[C-])c2c(F)c3c(c(F)c21)C(C#N)=C(c1ccc(F)c(F)c1)/C3=C(\C#N)[N+]#[C-]. The van der Waals surface area contributed by atoms with Crippen LogP contribution in [0.2, 0.25) is 0 Å². The van der Waals surface area contributed by atoms with Gasteiger partial charge in [0.05, 0.1) is 37.4 Å². The van der Waals surface area contributed by atoms with E-state index in [0.717, 1.165) is 12.1 Å². The van der Waals surface area contributed by atoms with Gasteiger partial charge in [-0.1, -0.05) is 12.1 Å². The van der Waals surface area contributed by atoms with Gasteiger partial charge in [-0.25, -0.2) is 51.4 Å². The number of allylic oxidation sites excluding steroid dienone is 7. The summed E-state index contributed by atoms with van der Waals surface area (Å²) in [5.74, 6) is -8.35. The summed E-state index contributed by atoms with van der Waals surface area (Å²) in [4.78, 5) is 9.37. The largest absolute Gasteiger partial charge is 0.270 e. The maximum Gasteiger partial charge on any atom is 0.270 e. The first-order chi connectivity index (χ1) is 21.1. The topological polar surface area (TPSA) is 84.5 Å². The van der Waals surface area contributed by atoms with Gasteiger partial charge in [0.2, 0.25) is 5.70 Å². The molecule has 0 aliphatic heterocycles. The summed E-state index contributed by atoms with van der Waals surface area (Å²) in [6.07, 6.45) is 0. The van der Waals surface area contributed by atoms with E-state index in [0.29, 0.717) is 24.3 Å². The van der Waals surface area contributed by atoms with Crippen molar-refractivity contribution in [3.8, 4) is 18.2 Å². The zero-order valence-electron chi connectivity index (χ0n) is 21.4. The van der Waals surface area contributed by atoms with Crippen molar-refractivity contribution < 1.29 is 26.3 Å². The van der Waals surface area contributed by atoms with Crippen molar-refractivity contribution in [2.75, 3.05) is 0 Å². The van der Waals surface area contributed by atoms with Gasteiger partial charge in [-0.2, -0.15) is 5.26 Å². The maximum atomic E-state index is 16.9. The molecule has 12 heteroatoms. The zero-order valence-corrected chi connectivity index (χ0v) is 21.4. The number of benzene rings is 3. The molecular weight excluding hydrogens is 582 g/mol. The van der Waals surface area contributed by atoms with Gasteiger partial charge in [-0.05, 0) is 52.1 Å². The summed E-state index contributed by atoms with van der Waals surface area (Å²) in [7, 11) is 0. The minimum atomic E-state index is -1.47. The average molecular weight is 588 g/mol. The quantitative estimate of drug-likeness (QED) is 0.172. The molecule has 0 atom stereocenters. The molecule has 0 N–H and O–H groups in total. The van der Waals surface area contributed by atoms with E-state index in [-0.39, 0.29) is 11.1 Å². The molecule has 0 amide bonds. The molecule has 3 aromatic rings. The molecule has 0 bridgehead atoms. The first-order valence-electron chi connectivity index (χ1n) is 11.9. The fourth-order valence-electron chi connectivity index (χ4n) is 5.20. The van der Waals surface area contributed by atoms with Crippen LogP contribution < -0.4 is 0 Å². The van der Waals surface area contributed by atoms with Crippen molar-refractivity contribution in [2.45, 2.75) is 0 Å². The molecule has 2 aliphatic carbocycles. The fraction of sp³-hybridized carbons (Fsp3) is 0. The van der Waals surface area contributed by atoms with E-state index in [1.807, 2.05) is 0 Å². The summed E-state index contributed by atoms with van der Waals surface area (Å²) in [5.41, 5.74) is -9.43. The van der Waals surface area contributed by atoms with Crippen molar-refractivity contribution in [3.63, 3.8) is 0 Å². The highest BCUT2D eigenvalue weighted by Crippen LogP contribution is 2.57. The van der Waals surface area contributed by atoms with Gasteiger partial charge in [0, 0.05) is 27.8 Å². The monoisotopic (exact) mass is 588 g/mol. The molecule has 0 aromatic heterocycles. The minimum Gasteiger partial charge on any atom is -0.237 e. The van der Waals surface area contributed by atoms with Gasteiger partial charge >= 0.3 is 0 Å². The fourth-order valence-corrected chi connectivity index (χ4v) is 5.20. The summed E-state index contributed by atoms with van der Waals surface area (Å²) in [6, 6.07) is 9.14. The number of nitriles is 3. The van der Waals surface area contributed by atoms with Crippen LogP contribution in [0, 0.1) is 88.6 Å². The standard InChI is InChI=1S/C32H6F6N6/c1-42-20(11-40)25-22(13-4-6-16(33)18(35)8-13)15(10-39)24-27(25)31(38)28-26(21(12-41)43-2)23(32(44-3)29(28)30(24)37)14-5-7-17(34)19(36)9-14/h4-9H/b25-20-,26-21+. The lowest BCUT2D eigenvalue weighted by molar-refractivity contribution is 0.508. The Morgan fingerprint density at radius 3 is 1.48 bits per heavy atom. The van der Waals surface area contributed by atoms with E-state index in [2.05, 4.69) is 14.5 Å². The summed E-state index contributed by atoms with van der Waals surface area (Å²) in [5, 5.41) is 29.6. The molecule has 6 nitrogen and oxygen atoms in total. The molecule has 0 saturated carbocycles. The second-order valence-corrected chi connectivity index (χ2v) is 8.98. The number of hydrogen-bond acceptors (Lipinski definition) is 3. The van der Waals surface area contributed by atoms with Crippen LogP contribution in [0.15, 0.2) is 47.8 Å². The summed E-state index contributed by atoms with van der Waals surface area (Å²) in [6.45, 7) is 22.8. The van der Waals surface area contributed by atoms with E-state index in [1.165, 1.54) is 12.1 Å². The highest BCUT2D eigenvalue weighted by Gasteiger charge is 2.44. The van der Waals surface area contributed by atoms with Gasteiger partial charge in [0.25, 0.3) is 11.4 Å². The van der Waals surface area contributed by atoms with Gasteiger partial charge in [-0.15, -0.1) is 0 Å². The Labute approximate surface area is 244 Å². The second kappa shape index (κ2) is 10.5. The number of nitrogens with zero attached hydrogens (tertiary/aromatic N) is 6. The predicted octanol–water partition coefficient (Wildman–Crippen LogP) is 8.08. The van der Waals surface area contributed by atoms with Gasteiger partial charge in [-0.3, -0.25) is 0 Å². The molecule has 5 rings (SSSR count). The highest BCUT2D eigenvalue weighted by molar-refractivity contribution is 6.29. The molecule has 0 fully saturated rings. The van der Waals surface area contributed by atoms with Crippen LogP contribution in [-0.4, -0.2) is 0 Å². The number of hydrogen-bond donors (Lipinski definition) is 0. The lowest BCUT2D eigenvalue weighted by Gasteiger charge is -2.15. The zero-order chi connectivity index (χ0) is 32.0. The van der Waals surface area contributed by atoms with E-state index in [4.69, 9.17) is 19.7 Å². The molecule has 0 unspecified atom stereocenters. The molecule has 0 radical (unpaired) electrons. The molecule has 3 aromatic carbocycles. The second-order valence-electron chi connectivity index (χ2n) is 8.98.